The molecular formula is C24H28O11. The van der Waals surface area contributed by atoms with Crippen LogP contribution in [0.15, 0.2) is 22.8 Å². The largest absolute Gasteiger partial charge is 0.461 e. The third kappa shape index (κ3) is 5.84. The van der Waals surface area contributed by atoms with Gasteiger partial charge >= 0.3 is 23.9 Å². The molecule has 190 valence electrons. The van der Waals surface area contributed by atoms with Crippen molar-refractivity contribution < 1.29 is 52.5 Å². The number of epoxide rings is 1. The number of hydrogen-bond acceptors (Lipinski definition) is 11. The number of fused-ring (bicyclic) bond motifs is 3. The normalized spacial score (nSPS) is 30.7. The quantitative estimate of drug-likeness (QED) is 0.171. The van der Waals surface area contributed by atoms with E-state index in [1.165, 1.54) is 20.8 Å². The third-order valence-electron chi connectivity index (χ3n) is 6.17. The summed E-state index contributed by atoms with van der Waals surface area (Å²) < 4.78 is 26.7. The van der Waals surface area contributed by atoms with Gasteiger partial charge in [-0.3, -0.25) is 19.2 Å². The van der Waals surface area contributed by atoms with Crippen LogP contribution in [0.25, 0.3) is 0 Å². The lowest BCUT2D eigenvalue weighted by Gasteiger charge is -2.26. The summed E-state index contributed by atoms with van der Waals surface area (Å²) in [5, 5.41) is 0. The fourth-order valence-corrected chi connectivity index (χ4v) is 4.09. The van der Waals surface area contributed by atoms with Crippen LogP contribution in [0.1, 0.15) is 47.5 Å². The second-order valence-corrected chi connectivity index (χ2v) is 9.09. The van der Waals surface area contributed by atoms with Gasteiger partial charge in [0.25, 0.3) is 0 Å². The molecule has 5 atom stereocenters. The van der Waals surface area contributed by atoms with Gasteiger partial charge < -0.3 is 23.7 Å². The summed E-state index contributed by atoms with van der Waals surface area (Å²) in [6.07, 6.45) is -2.32. The van der Waals surface area contributed by atoms with E-state index in [1.54, 1.807) is 13.8 Å². The van der Waals surface area contributed by atoms with Crippen LogP contribution in [0, 0.1) is 5.92 Å². The Morgan fingerprint density at radius 3 is 2.37 bits per heavy atom. The molecule has 2 fully saturated rings. The number of rotatable bonds is 6. The molecule has 2 heterocycles. The molecule has 0 N–H and O–H groups in total. The Balaban J connectivity index is 1.99. The summed E-state index contributed by atoms with van der Waals surface area (Å²) >= 11 is 0. The Labute approximate surface area is 201 Å². The number of ether oxygens (including phenoxy) is 5. The molecule has 0 bridgehead atoms. The molecule has 1 aliphatic carbocycles. The van der Waals surface area contributed by atoms with Crippen LogP contribution in [0.2, 0.25) is 0 Å². The molecule has 11 heteroatoms. The number of ketones is 2. The van der Waals surface area contributed by atoms with Crippen molar-refractivity contribution in [3.05, 3.63) is 22.8 Å². The molecule has 1 saturated heterocycles. The van der Waals surface area contributed by atoms with E-state index in [1.807, 2.05) is 0 Å². The van der Waals surface area contributed by atoms with E-state index < -0.39 is 66.1 Å². The Kier molecular flexibility index (Phi) is 7.59. The van der Waals surface area contributed by atoms with E-state index in [9.17, 15) is 28.8 Å². The smallest absolute Gasteiger partial charge is 0.338 e. The van der Waals surface area contributed by atoms with Crippen molar-refractivity contribution in [3.8, 4) is 0 Å². The lowest BCUT2D eigenvalue weighted by molar-refractivity contribution is -0.145. The highest BCUT2D eigenvalue weighted by Crippen LogP contribution is 2.48. The predicted molar refractivity (Wildman–Crippen MR) is 115 cm³/mol. The number of carbonyl (C=O) groups is 6. The molecule has 11 nitrogen and oxygen atoms in total. The van der Waals surface area contributed by atoms with Crippen LogP contribution < -0.4 is 0 Å². The molecule has 0 aromatic carbocycles. The predicted octanol–water partition coefficient (Wildman–Crippen LogP) is 0.918. The average molecular weight is 492 g/mol. The standard InChI is InChI=1S/C24H28O11/c1-11(9-31-13(3)25)6-19(29)33-17-7-12(2)16(27)8-18(28)24(5)22(35-24)21-20(17)15(23(30)34-21)10-32-14(4)26/h6,12,17,21-22H,7-10H2,1-5H3. The van der Waals surface area contributed by atoms with E-state index in [0.717, 1.165) is 6.08 Å². The highest BCUT2D eigenvalue weighted by Gasteiger charge is 2.66. The van der Waals surface area contributed by atoms with E-state index in [0.29, 0.717) is 5.57 Å². The van der Waals surface area contributed by atoms with Crippen molar-refractivity contribution >= 4 is 35.4 Å². The molecule has 3 aliphatic rings. The van der Waals surface area contributed by atoms with Gasteiger partial charge in [-0.1, -0.05) is 6.92 Å². The monoisotopic (exact) mass is 492 g/mol. The highest BCUT2D eigenvalue weighted by atomic mass is 16.7. The fourth-order valence-electron chi connectivity index (χ4n) is 4.09. The van der Waals surface area contributed by atoms with E-state index in [-0.39, 0.29) is 36.4 Å². The van der Waals surface area contributed by atoms with Crippen molar-refractivity contribution in [2.75, 3.05) is 13.2 Å². The van der Waals surface area contributed by atoms with E-state index in [4.69, 9.17) is 23.7 Å². The number of esters is 4. The Hall–Kier alpha value is -3.34. The van der Waals surface area contributed by atoms with Crippen LogP contribution >= 0.6 is 0 Å². The van der Waals surface area contributed by atoms with Crippen LogP contribution in [0.3, 0.4) is 0 Å². The van der Waals surface area contributed by atoms with Gasteiger partial charge in [-0.2, -0.15) is 0 Å². The number of hydrogen-bond donors (Lipinski definition) is 0. The highest BCUT2D eigenvalue weighted by molar-refractivity contribution is 6.05. The molecule has 0 radical (unpaired) electrons. The van der Waals surface area contributed by atoms with Crippen molar-refractivity contribution in [3.63, 3.8) is 0 Å². The minimum atomic E-state index is -1.34. The summed E-state index contributed by atoms with van der Waals surface area (Å²) in [6, 6.07) is 0. The van der Waals surface area contributed by atoms with Crippen molar-refractivity contribution in [2.24, 2.45) is 5.92 Å². The summed E-state index contributed by atoms with van der Waals surface area (Å²) in [5.74, 6) is -4.25. The van der Waals surface area contributed by atoms with Gasteiger partial charge in [0.15, 0.2) is 17.5 Å². The van der Waals surface area contributed by atoms with Gasteiger partial charge in [0.2, 0.25) is 0 Å². The van der Waals surface area contributed by atoms with Gasteiger partial charge in [-0.25, -0.2) is 9.59 Å². The number of Topliss-reactive ketones (excluding diaryl/α,β-unsaturated/α-hetero) is 2. The zero-order valence-corrected chi connectivity index (χ0v) is 20.2. The van der Waals surface area contributed by atoms with Crippen molar-refractivity contribution in [2.45, 2.75) is 71.4 Å². The third-order valence-corrected chi connectivity index (χ3v) is 6.17. The lowest BCUT2D eigenvalue weighted by atomic mass is 9.82. The maximum absolute atomic E-state index is 12.7. The molecule has 0 amide bonds. The average Bonchev–Trinajstić information content (AvgIpc) is 3.34. The van der Waals surface area contributed by atoms with Crippen LogP contribution in [0.5, 0.6) is 0 Å². The lowest BCUT2D eigenvalue weighted by Crippen LogP contribution is -2.39. The maximum atomic E-state index is 12.7. The zero-order valence-electron chi connectivity index (χ0n) is 20.2. The van der Waals surface area contributed by atoms with Crippen LogP contribution in [0.4, 0.5) is 0 Å². The molecule has 0 aromatic heterocycles. The molecule has 0 spiro atoms. The Morgan fingerprint density at radius 2 is 1.74 bits per heavy atom. The zero-order chi connectivity index (χ0) is 26.1. The molecule has 5 unspecified atom stereocenters. The SMILES string of the molecule is CC(=O)OCC(C)=CC(=O)OC1CC(C)C(=O)CC(=O)C2(C)OC2C2OC(=O)C(COC(C)=O)=C12. The first-order valence-corrected chi connectivity index (χ1v) is 11.2. The first kappa shape index (κ1) is 26.3. The van der Waals surface area contributed by atoms with Crippen LogP contribution in [-0.4, -0.2) is 72.6 Å². The van der Waals surface area contributed by atoms with Gasteiger partial charge in [-0.05, 0) is 25.8 Å². The second-order valence-electron chi connectivity index (χ2n) is 9.09. The van der Waals surface area contributed by atoms with Gasteiger partial charge in [-0.15, -0.1) is 0 Å². The summed E-state index contributed by atoms with van der Waals surface area (Å²) in [5.41, 5.74) is -0.773. The minimum absolute atomic E-state index is 0.0332. The second kappa shape index (κ2) is 10.1. The van der Waals surface area contributed by atoms with Crippen molar-refractivity contribution in [1.29, 1.82) is 0 Å². The topological polar surface area (TPSA) is 152 Å². The molecular weight excluding hydrogens is 464 g/mol. The van der Waals surface area contributed by atoms with E-state index in [2.05, 4.69) is 0 Å². The molecule has 3 rings (SSSR count). The molecule has 2 aliphatic heterocycles. The first-order chi connectivity index (χ1) is 16.3. The summed E-state index contributed by atoms with van der Waals surface area (Å²) in [6.45, 7) is 6.51. The fraction of sp³-hybridized carbons (Fsp3) is 0.583. The van der Waals surface area contributed by atoms with Gasteiger partial charge in [0, 0.05) is 31.4 Å². The summed E-state index contributed by atoms with van der Waals surface area (Å²) in [4.78, 5) is 73.3. The minimum Gasteiger partial charge on any atom is -0.461 e. The molecule has 0 aromatic rings. The first-order valence-electron chi connectivity index (χ1n) is 11.2. The maximum Gasteiger partial charge on any atom is 0.338 e. The summed E-state index contributed by atoms with van der Waals surface area (Å²) in [7, 11) is 0. The van der Waals surface area contributed by atoms with Crippen molar-refractivity contribution in [1.82, 2.24) is 0 Å². The van der Waals surface area contributed by atoms with Crippen LogP contribution in [-0.2, 0) is 52.5 Å². The van der Waals surface area contributed by atoms with Gasteiger partial charge in [0.1, 0.15) is 31.2 Å². The molecule has 35 heavy (non-hydrogen) atoms. The Morgan fingerprint density at radius 1 is 1.09 bits per heavy atom. The molecule has 1 saturated carbocycles. The van der Waals surface area contributed by atoms with Gasteiger partial charge in [0.05, 0.1) is 12.0 Å². The number of carbonyl (C=O) groups excluding carboxylic acids is 6. The Bertz CT molecular complexity index is 1040. The van der Waals surface area contributed by atoms with E-state index >= 15 is 0 Å².